The third kappa shape index (κ3) is 2.80. The van der Waals surface area contributed by atoms with Gasteiger partial charge >= 0.3 is 6.09 Å². The molecule has 0 atom stereocenters. The Hall–Kier alpha value is -1.48. The van der Waals surface area contributed by atoms with Gasteiger partial charge in [-0.15, -0.1) is 0 Å². The van der Waals surface area contributed by atoms with E-state index in [-0.39, 0.29) is 6.09 Å². The van der Waals surface area contributed by atoms with Crippen molar-refractivity contribution in [2.45, 2.75) is 6.42 Å². The molecule has 1 aliphatic rings. The van der Waals surface area contributed by atoms with Crippen LogP contribution in [0, 0.1) is 0 Å². The minimum absolute atomic E-state index is 0.267. The second kappa shape index (κ2) is 5.23. The Morgan fingerprint density at radius 3 is 2.59 bits per heavy atom. The van der Waals surface area contributed by atoms with Crippen LogP contribution in [0.25, 0.3) is 5.57 Å². The number of amides is 1. The number of carbonyl (C=O) groups is 1. The number of rotatable bonds is 1. The van der Waals surface area contributed by atoms with Crippen molar-refractivity contribution in [3.63, 3.8) is 0 Å². The zero-order chi connectivity index (χ0) is 12.3. The number of halogens is 1. The first-order valence-electron chi connectivity index (χ1n) is 5.48. The van der Waals surface area contributed by atoms with Gasteiger partial charge in [-0.25, -0.2) is 4.79 Å². The predicted octanol–water partition coefficient (Wildman–Crippen LogP) is 3.20. The molecule has 1 heterocycles. The van der Waals surface area contributed by atoms with Crippen LogP contribution in [-0.4, -0.2) is 31.2 Å². The first-order chi connectivity index (χ1) is 8.20. The summed E-state index contributed by atoms with van der Waals surface area (Å²) < 4.78 is 4.69. The molecule has 17 heavy (non-hydrogen) atoms. The van der Waals surface area contributed by atoms with Crippen molar-refractivity contribution >= 4 is 23.3 Å². The monoisotopic (exact) mass is 251 g/mol. The van der Waals surface area contributed by atoms with Gasteiger partial charge in [0, 0.05) is 18.1 Å². The molecule has 1 aliphatic heterocycles. The van der Waals surface area contributed by atoms with Gasteiger partial charge in [-0.1, -0.05) is 29.8 Å². The molecule has 1 amide bonds. The second-order valence-electron chi connectivity index (χ2n) is 3.90. The Kier molecular flexibility index (Phi) is 3.69. The van der Waals surface area contributed by atoms with Crippen molar-refractivity contribution in [1.82, 2.24) is 4.90 Å². The minimum Gasteiger partial charge on any atom is -0.453 e. The van der Waals surface area contributed by atoms with Crippen molar-refractivity contribution < 1.29 is 9.53 Å². The molecule has 0 aliphatic carbocycles. The van der Waals surface area contributed by atoms with E-state index >= 15 is 0 Å². The summed E-state index contributed by atoms with van der Waals surface area (Å²) in [4.78, 5) is 13.0. The molecule has 0 fully saturated rings. The zero-order valence-corrected chi connectivity index (χ0v) is 10.4. The van der Waals surface area contributed by atoms with E-state index in [0.717, 1.165) is 11.4 Å². The van der Waals surface area contributed by atoms with Gasteiger partial charge in [0.15, 0.2) is 0 Å². The molecule has 3 nitrogen and oxygen atoms in total. The number of benzene rings is 1. The fourth-order valence-electron chi connectivity index (χ4n) is 1.89. The van der Waals surface area contributed by atoms with E-state index in [0.29, 0.717) is 13.1 Å². The van der Waals surface area contributed by atoms with Crippen molar-refractivity contribution in [2.75, 3.05) is 20.2 Å². The van der Waals surface area contributed by atoms with Crippen molar-refractivity contribution in [3.05, 3.63) is 40.9 Å². The van der Waals surface area contributed by atoms with Crippen molar-refractivity contribution in [2.24, 2.45) is 0 Å². The SMILES string of the molecule is COC(=O)N1CC=C(c2ccc(Cl)cc2)CC1. The Bertz CT molecular complexity index is 439. The lowest BCUT2D eigenvalue weighted by atomic mass is 10.00. The zero-order valence-electron chi connectivity index (χ0n) is 9.65. The number of carbonyl (C=O) groups excluding carboxylic acids is 1. The summed E-state index contributed by atoms with van der Waals surface area (Å²) in [5, 5.41) is 0.737. The summed E-state index contributed by atoms with van der Waals surface area (Å²) in [5.74, 6) is 0. The van der Waals surface area contributed by atoms with Crippen LogP contribution in [0.1, 0.15) is 12.0 Å². The van der Waals surface area contributed by atoms with Gasteiger partial charge in [0.2, 0.25) is 0 Å². The third-order valence-electron chi connectivity index (χ3n) is 2.86. The Morgan fingerprint density at radius 2 is 2.06 bits per heavy atom. The van der Waals surface area contributed by atoms with Crippen LogP contribution in [0.4, 0.5) is 4.79 Å². The lowest BCUT2D eigenvalue weighted by molar-refractivity contribution is 0.128. The minimum atomic E-state index is -0.267. The molecular weight excluding hydrogens is 238 g/mol. The highest BCUT2D eigenvalue weighted by Gasteiger charge is 2.17. The maximum Gasteiger partial charge on any atom is 0.409 e. The Morgan fingerprint density at radius 1 is 1.35 bits per heavy atom. The van der Waals surface area contributed by atoms with E-state index in [1.807, 2.05) is 24.3 Å². The van der Waals surface area contributed by atoms with Crippen molar-refractivity contribution in [1.29, 1.82) is 0 Å². The van der Waals surface area contributed by atoms with Crippen LogP contribution in [0.5, 0.6) is 0 Å². The normalized spacial score (nSPS) is 15.4. The van der Waals surface area contributed by atoms with Gasteiger partial charge in [0.25, 0.3) is 0 Å². The fourth-order valence-corrected chi connectivity index (χ4v) is 2.02. The van der Waals surface area contributed by atoms with E-state index in [2.05, 4.69) is 10.8 Å². The number of hydrogen-bond donors (Lipinski definition) is 0. The first-order valence-corrected chi connectivity index (χ1v) is 5.86. The quantitative estimate of drug-likeness (QED) is 0.767. The first kappa shape index (κ1) is 12.0. The van der Waals surface area contributed by atoms with E-state index in [9.17, 15) is 4.79 Å². The average molecular weight is 252 g/mol. The fraction of sp³-hybridized carbons (Fsp3) is 0.308. The Balaban J connectivity index is 2.08. The molecule has 1 aromatic carbocycles. The van der Waals surface area contributed by atoms with Gasteiger partial charge in [-0.3, -0.25) is 0 Å². The number of methoxy groups -OCH3 is 1. The van der Waals surface area contributed by atoms with Crippen LogP contribution in [0.2, 0.25) is 5.02 Å². The number of ether oxygens (including phenoxy) is 1. The highest BCUT2D eigenvalue weighted by atomic mass is 35.5. The molecule has 90 valence electrons. The maximum absolute atomic E-state index is 11.3. The molecule has 2 rings (SSSR count). The summed E-state index contributed by atoms with van der Waals surface area (Å²) in [5.41, 5.74) is 2.42. The van der Waals surface area contributed by atoms with Crippen molar-refractivity contribution in [3.8, 4) is 0 Å². The summed E-state index contributed by atoms with van der Waals surface area (Å²) in [6.45, 7) is 1.30. The van der Waals surface area contributed by atoms with Gasteiger partial charge in [0.1, 0.15) is 0 Å². The molecule has 1 aromatic rings. The van der Waals surface area contributed by atoms with Gasteiger partial charge in [-0.2, -0.15) is 0 Å². The van der Waals surface area contributed by atoms with Crippen LogP contribution in [0.15, 0.2) is 30.3 Å². The smallest absolute Gasteiger partial charge is 0.409 e. The summed E-state index contributed by atoms with van der Waals surface area (Å²) in [6, 6.07) is 7.76. The van der Waals surface area contributed by atoms with Crippen LogP contribution < -0.4 is 0 Å². The predicted molar refractivity (Wildman–Crippen MR) is 68.0 cm³/mol. The van der Waals surface area contributed by atoms with E-state index in [1.54, 1.807) is 4.90 Å². The average Bonchev–Trinajstić information content (AvgIpc) is 2.39. The van der Waals surface area contributed by atoms with E-state index < -0.39 is 0 Å². The van der Waals surface area contributed by atoms with Crippen LogP contribution in [0.3, 0.4) is 0 Å². The molecule has 0 N–H and O–H groups in total. The molecule has 0 bridgehead atoms. The van der Waals surface area contributed by atoms with Gasteiger partial charge in [-0.05, 0) is 29.7 Å². The van der Waals surface area contributed by atoms with Gasteiger partial charge in [0.05, 0.1) is 7.11 Å². The molecule has 4 heteroatoms. The summed E-state index contributed by atoms with van der Waals surface area (Å²) in [6.07, 6.45) is 2.64. The van der Waals surface area contributed by atoms with E-state index in [4.69, 9.17) is 11.6 Å². The molecule has 0 unspecified atom stereocenters. The lowest BCUT2D eigenvalue weighted by Crippen LogP contribution is -2.34. The van der Waals surface area contributed by atoms with E-state index in [1.165, 1.54) is 18.2 Å². The molecule has 0 radical (unpaired) electrons. The Labute approximate surface area is 106 Å². The molecule has 0 spiro atoms. The molecule has 0 saturated heterocycles. The maximum atomic E-state index is 11.3. The summed E-state index contributed by atoms with van der Waals surface area (Å²) in [7, 11) is 1.40. The highest BCUT2D eigenvalue weighted by Crippen LogP contribution is 2.23. The largest absolute Gasteiger partial charge is 0.453 e. The molecule has 0 aromatic heterocycles. The standard InChI is InChI=1S/C13H14ClNO2/c1-17-13(16)15-8-6-11(7-9-15)10-2-4-12(14)5-3-10/h2-6H,7-9H2,1H3. The molecular formula is C13H14ClNO2. The number of hydrogen-bond acceptors (Lipinski definition) is 2. The highest BCUT2D eigenvalue weighted by molar-refractivity contribution is 6.30. The summed E-state index contributed by atoms with van der Waals surface area (Å²) >= 11 is 5.85. The number of nitrogens with zero attached hydrogens (tertiary/aromatic N) is 1. The van der Waals surface area contributed by atoms with Gasteiger partial charge < -0.3 is 9.64 Å². The lowest BCUT2D eigenvalue weighted by Gasteiger charge is -2.25. The molecule has 0 saturated carbocycles. The second-order valence-corrected chi connectivity index (χ2v) is 4.34. The third-order valence-corrected chi connectivity index (χ3v) is 3.11. The van der Waals surface area contributed by atoms with Crippen LogP contribution in [-0.2, 0) is 4.74 Å². The topological polar surface area (TPSA) is 29.5 Å². The van der Waals surface area contributed by atoms with Crippen LogP contribution >= 0.6 is 11.6 Å².